The van der Waals surface area contributed by atoms with Gasteiger partial charge in [0, 0.05) is 9.50 Å². The summed E-state index contributed by atoms with van der Waals surface area (Å²) in [6.45, 7) is 0. The first-order valence-electron chi connectivity index (χ1n) is 4.19. The van der Waals surface area contributed by atoms with E-state index in [0.29, 0.717) is 9.50 Å². The van der Waals surface area contributed by atoms with Crippen LogP contribution in [0.2, 0.25) is 5.02 Å². The smallest absolute Gasteiger partial charge is 0.382 e. The Labute approximate surface area is 115 Å². The first-order valence-corrected chi connectivity index (χ1v) is 5.36. The monoisotopic (exact) mass is 353 g/mol. The van der Waals surface area contributed by atoms with E-state index in [1.807, 2.05) is 0 Å². The van der Waals surface area contributed by atoms with Gasteiger partial charge in [0.2, 0.25) is 0 Å². The summed E-state index contributed by atoms with van der Waals surface area (Å²) in [6.07, 6.45) is -7.36. The van der Waals surface area contributed by atoms with Gasteiger partial charge in [0.05, 0.1) is 6.04 Å². The van der Waals surface area contributed by atoms with E-state index in [-0.39, 0.29) is 18.0 Å². The zero-order valence-electron chi connectivity index (χ0n) is 8.21. The summed E-state index contributed by atoms with van der Waals surface area (Å²) < 4.78 is 37.0. The summed E-state index contributed by atoms with van der Waals surface area (Å²) in [5.41, 5.74) is 5.48. The first kappa shape index (κ1) is 17.0. The fraction of sp³-hybridized carbons (Fsp3) is 0.333. The molecule has 2 atom stereocenters. The molecule has 0 fully saturated rings. The van der Waals surface area contributed by atoms with E-state index in [4.69, 9.17) is 22.4 Å². The summed E-state index contributed by atoms with van der Waals surface area (Å²) >= 11 is 8.68. The van der Waals surface area contributed by atoms with Crippen LogP contribution in [0.25, 0.3) is 0 Å². The standard InChI is InChI=1S/C9H8BrClF3NO.ClH/c10-6-3-4(11)1-2-5(6)7(15)8(16)9(12,13)14;/h1-3,7-8,16H,15H2;1H/t7-,8-;/m1./s1. The second-order valence-corrected chi connectivity index (χ2v) is 4.47. The molecule has 2 nitrogen and oxygen atoms in total. The largest absolute Gasteiger partial charge is 0.416 e. The highest BCUT2D eigenvalue weighted by atomic mass is 79.9. The van der Waals surface area contributed by atoms with Crippen LogP contribution in [0, 0.1) is 0 Å². The lowest BCUT2D eigenvalue weighted by atomic mass is 10.0. The summed E-state index contributed by atoms with van der Waals surface area (Å²) in [5.74, 6) is 0. The van der Waals surface area contributed by atoms with Crippen LogP contribution in [-0.2, 0) is 0 Å². The van der Waals surface area contributed by atoms with Crippen molar-refractivity contribution in [3.63, 3.8) is 0 Å². The lowest BCUT2D eigenvalue weighted by Crippen LogP contribution is -2.39. The zero-order chi connectivity index (χ0) is 12.5. The Morgan fingerprint density at radius 2 is 1.88 bits per heavy atom. The number of alkyl halides is 3. The Kier molecular flexibility index (Phi) is 6.24. The molecule has 17 heavy (non-hydrogen) atoms. The Balaban J connectivity index is 0.00000256. The number of rotatable bonds is 2. The molecule has 0 spiro atoms. The number of aliphatic hydroxyl groups is 1. The Morgan fingerprint density at radius 3 is 2.29 bits per heavy atom. The van der Waals surface area contributed by atoms with Crippen molar-refractivity contribution in [1.82, 2.24) is 0 Å². The molecule has 0 aromatic heterocycles. The number of hydrogen-bond acceptors (Lipinski definition) is 2. The van der Waals surface area contributed by atoms with Crippen LogP contribution >= 0.6 is 39.9 Å². The number of halogens is 6. The topological polar surface area (TPSA) is 46.2 Å². The number of benzene rings is 1. The maximum absolute atomic E-state index is 12.2. The molecule has 98 valence electrons. The zero-order valence-corrected chi connectivity index (χ0v) is 11.4. The molecule has 0 amide bonds. The van der Waals surface area contributed by atoms with Gasteiger partial charge >= 0.3 is 6.18 Å². The molecule has 0 bridgehead atoms. The molecule has 0 heterocycles. The Hall–Kier alpha value is -0.0100. The van der Waals surface area contributed by atoms with E-state index in [9.17, 15) is 13.2 Å². The second kappa shape index (κ2) is 6.24. The lowest BCUT2D eigenvalue weighted by molar-refractivity contribution is -0.210. The van der Waals surface area contributed by atoms with E-state index in [1.165, 1.54) is 18.2 Å². The average molecular weight is 355 g/mol. The minimum absolute atomic E-state index is 0. The third-order valence-electron chi connectivity index (χ3n) is 2.00. The van der Waals surface area contributed by atoms with Crippen LogP contribution in [0.3, 0.4) is 0 Å². The van der Waals surface area contributed by atoms with E-state index in [2.05, 4.69) is 15.9 Å². The minimum atomic E-state index is -4.75. The third kappa shape index (κ3) is 4.30. The van der Waals surface area contributed by atoms with Crippen LogP contribution in [0.4, 0.5) is 13.2 Å². The number of nitrogens with two attached hydrogens (primary N) is 1. The van der Waals surface area contributed by atoms with E-state index in [0.717, 1.165) is 0 Å². The van der Waals surface area contributed by atoms with Crippen molar-refractivity contribution < 1.29 is 18.3 Å². The molecule has 8 heteroatoms. The maximum Gasteiger partial charge on any atom is 0.416 e. The molecule has 0 unspecified atom stereocenters. The summed E-state index contributed by atoms with van der Waals surface area (Å²) in [6, 6.07) is 2.61. The van der Waals surface area contributed by atoms with Gasteiger partial charge in [0.15, 0.2) is 6.10 Å². The van der Waals surface area contributed by atoms with Crippen LogP contribution < -0.4 is 5.73 Å². The van der Waals surface area contributed by atoms with Crippen molar-refractivity contribution in [2.75, 3.05) is 0 Å². The van der Waals surface area contributed by atoms with Gasteiger partial charge in [-0.25, -0.2) is 0 Å². The van der Waals surface area contributed by atoms with Gasteiger partial charge < -0.3 is 10.8 Å². The van der Waals surface area contributed by atoms with Crippen molar-refractivity contribution in [3.8, 4) is 0 Å². The van der Waals surface area contributed by atoms with Crippen LogP contribution in [0.1, 0.15) is 11.6 Å². The Bertz CT molecular complexity index is 389. The van der Waals surface area contributed by atoms with Gasteiger partial charge in [-0.2, -0.15) is 13.2 Å². The SMILES string of the molecule is Cl.N[C@H](c1ccc(Cl)cc1Br)[C@@H](O)C(F)(F)F. The molecule has 0 saturated heterocycles. The van der Waals surface area contributed by atoms with Gasteiger partial charge in [-0.15, -0.1) is 12.4 Å². The van der Waals surface area contributed by atoms with Crippen LogP contribution in [0.15, 0.2) is 22.7 Å². The molecule has 0 radical (unpaired) electrons. The highest BCUT2D eigenvalue weighted by molar-refractivity contribution is 9.10. The molecule has 1 aromatic carbocycles. The molecule has 1 rings (SSSR count). The quantitative estimate of drug-likeness (QED) is 0.854. The molecule has 0 saturated carbocycles. The van der Waals surface area contributed by atoms with Gasteiger partial charge in [-0.05, 0) is 17.7 Å². The molecule has 3 N–H and O–H groups in total. The normalized spacial score (nSPS) is 15.0. The summed E-state index contributed by atoms with van der Waals surface area (Å²) in [5, 5.41) is 9.36. The van der Waals surface area contributed by atoms with Gasteiger partial charge in [-0.3, -0.25) is 0 Å². The van der Waals surface area contributed by atoms with Gasteiger partial charge in [0.1, 0.15) is 0 Å². The van der Waals surface area contributed by atoms with Crippen molar-refractivity contribution in [3.05, 3.63) is 33.3 Å². The predicted octanol–water partition coefficient (Wildman–Crippen LogP) is 3.45. The van der Waals surface area contributed by atoms with E-state index in [1.54, 1.807) is 0 Å². The first-order chi connectivity index (χ1) is 7.23. The van der Waals surface area contributed by atoms with Crippen molar-refractivity contribution in [2.24, 2.45) is 5.73 Å². The molecule has 0 aliphatic carbocycles. The maximum atomic E-state index is 12.2. The summed E-state index contributed by atoms with van der Waals surface area (Å²) in [4.78, 5) is 0. The van der Waals surface area contributed by atoms with Crippen molar-refractivity contribution >= 4 is 39.9 Å². The summed E-state index contributed by atoms with van der Waals surface area (Å²) in [7, 11) is 0. The Morgan fingerprint density at radius 1 is 1.35 bits per heavy atom. The highest BCUT2D eigenvalue weighted by Crippen LogP contribution is 2.33. The fourth-order valence-corrected chi connectivity index (χ4v) is 2.09. The fourth-order valence-electron chi connectivity index (χ4n) is 1.15. The molecular formula is C9H9BrCl2F3NO. The molecule has 1 aromatic rings. The van der Waals surface area contributed by atoms with E-state index >= 15 is 0 Å². The van der Waals surface area contributed by atoms with Crippen LogP contribution in [0.5, 0.6) is 0 Å². The third-order valence-corrected chi connectivity index (χ3v) is 2.92. The molecule has 0 aliphatic heterocycles. The van der Waals surface area contributed by atoms with E-state index < -0.39 is 18.3 Å². The highest BCUT2D eigenvalue weighted by Gasteiger charge is 2.43. The van der Waals surface area contributed by atoms with Crippen molar-refractivity contribution in [2.45, 2.75) is 18.3 Å². The lowest BCUT2D eigenvalue weighted by Gasteiger charge is -2.22. The predicted molar refractivity (Wildman–Crippen MR) is 65.4 cm³/mol. The second-order valence-electron chi connectivity index (χ2n) is 3.18. The molecular weight excluding hydrogens is 346 g/mol. The number of hydrogen-bond donors (Lipinski definition) is 2. The van der Waals surface area contributed by atoms with Gasteiger partial charge in [-0.1, -0.05) is 33.6 Å². The van der Waals surface area contributed by atoms with Crippen LogP contribution in [-0.4, -0.2) is 17.4 Å². The van der Waals surface area contributed by atoms with Gasteiger partial charge in [0.25, 0.3) is 0 Å². The minimum Gasteiger partial charge on any atom is -0.382 e. The van der Waals surface area contributed by atoms with Crippen molar-refractivity contribution in [1.29, 1.82) is 0 Å². The number of aliphatic hydroxyl groups excluding tert-OH is 1. The molecule has 0 aliphatic rings. The average Bonchev–Trinajstić information content (AvgIpc) is 2.14.